The average Bonchev–Trinajstić information content (AvgIpc) is 2.91. The molecule has 1 aliphatic rings. The highest BCUT2D eigenvalue weighted by molar-refractivity contribution is 7.89. The topological polar surface area (TPSA) is 76.1 Å². The number of sulfonamides is 1. The number of methoxy groups -OCH3 is 2. The van der Waals surface area contributed by atoms with E-state index in [4.69, 9.17) is 14.6 Å². The van der Waals surface area contributed by atoms with E-state index >= 15 is 0 Å². The highest BCUT2D eigenvalue weighted by Gasteiger charge is 2.39. The number of nitrogens with zero attached hydrogens (tertiary/aromatic N) is 1. The van der Waals surface area contributed by atoms with Crippen molar-refractivity contribution < 1.29 is 23.0 Å². The van der Waals surface area contributed by atoms with Crippen LogP contribution in [0.3, 0.4) is 0 Å². The van der Waals surface area contributed by atoms with Gasteiger partial charge >= 0.3 is 0 Å². The maximum atomic E-state index is 12.6. The van der Waals surface area contributed by atoms with Crippen molar-refractivity contribution in [2.45, 2.75) is 23.7 Å². The second-order valence-corrected chi connectivity index (χ2v) is 6.61. The molecule has 0 saturated carbocycles. The molecule has 0 bridgehead atoms. The van der Waals surface area contributed by atoms with Gasteiger partial charge in [-0.25, -0.2) is 8.42 Å². The van der Waals surface area contributed by atoms with E-state index in [-0.39, 0.29) is 36.8 Å². The molecule has 20 heavy (non-hydrogen) atoms. The molecule has 1 heterocycles. The molecule has 6 nitrogen and oxygen atoms in total. The molecule has 0 radical (unpaired) electrons. The molecule has 2 rings (SSSR count). The molecule has 2 unspecified atom stereocenters. The van der Waals surface area contributed by atoms with Crippen LogP contribution in [0.2, 0.25) is 0 Å². The zero-order valence-electron chi connectivity index (χ0n) is 11.5. The predicted octanol–water partition coefficient (Wildman–Crippen LogP) is 0.213. The van der Waals surface area contributed by atoms with Crippen LogP contribution in [0.15, 0.2) is 29.2 Å². The summed E-state index contributed by atoms with van der Waals surface area (Å²) < 4.78 is 37.0. The number of aliphatic hydroxyl groups is 1. The Morgan fingerprint density at radius 1 is 1.25 bits per heavy atom. The molecule has 112 valence electrons. The standard InChI is InChI=1S/C13H19NO5S/c1-18-12-7-14(8-13(12)19-2)20(16,17)11-5-3-4-10(6-11)9-15/h3-6,12-13,15H,7-9H2,1-2H3. The van der Waals surface area contributed by atoms with Gasteiger partial charge in [-0.1, -0.05) is 12.1 Å². The Kier molecular flexibility index (Phi) is 4.77. The smallest absolute Gasteiger partial charge is 0.243 e. The first-order valence-corrected chi connectivity index (χ1v) is 7.72. The van der Waals surface area contributed by atoms with Crippen LogP contribution in [0.25, 0.3) is 0 Å². The lowest BCUT2D eigenvalue weighted by atomic mass is 10.2. The Hall–Kier alpha value is -0.990. The molecule has 7 heteroatoms. The Bertz CT molecular complexity index is 548. The number of hydrogen-bond acceptors (Lipinski definition) is 5. The molecule has 2 atom stereocenters. The molecule has 1 aromatic rings. The molecule has 0 aliphatic carbocycles. The lowest BCUT2D eigenvalue weighted by molar-refractivity contribution is -0.00461. The number of hydrogen-bond donors (Lipinski definition) is 1. The van der Waals surface area contributed by atoms with Gasteiger partial charge in [0.25, 0.3) is 0 Å². The number of rotatable bonds is 5. The number of benzene rings is 1. The van der Waals surface area contributed by atoms with Crippen LogP contribution in [0, 0.1) is 0 Å². The molecule has 0 aromatic heterocycles. The minimum absolute atomic E-state index is 0.177. The van der Waals surface area contributed by atoms with Crippen LogP contribution in [0.1, 0.15) is 5.56 Å². The largest absolute Gasteiger partial charge is 0.392 e. The highest BCUT2D eigenvalue weighted by atomic mass is 32.2. The third kappa shape index (κ3) is 2.87. The molecule has 1 aliphatic heterocycles. The van der Waals surface area contributed by atoms with Gasteiger partial charge in [-0.05, 0) is 17.7 Å². The fourth-order valence-corrected chi connectivity index (χ4v) is 3.85. The van der Waals surface area contributed by atoms with E-state index < -0.39 is 10.0 Å². The molecule has 0 amide bonds. The summed E-state index contributed by atoms with van der Waals surface area (Å²) in [5, 5.41) is 9.10. The van der Waals surface area contributed by atoms with Gasteiger partial charge in [0.2, 0.25) is 10.0 Å². The summed E-state index contributed by atoms with van der Waals surface area (Å²) in [6, 6.07) is 6.31. The molecule has 1 fully saturated rings. The van der Waals surface area contributed by atoms with E-state index in [1.807, 2.05) is 0 Å². The summed E-state index contributed by atoms with van der Waals surface area (Å²) in [5.41, 5.74) is 0.567. The molecule has 0 spiro atoms. The fraction of sp³-hybridized carbons (Fsp3) is 0.538. The first-order chi connectivity index (χ1) is 9.52. The van der Waals surface area contributed by atoms with Crippen molar-refractivity contribution in [2.75, 3.05) is 27.3 Å². The lowest BCUT2D eigenvalue weighted by Gasteiger charge is -2.16. The number of aliphatic hydroxyl groups excluding tert-OH is 1. The average molecular weight is 301 g/mol. The predicted molar refractivity (Wildman–Crippen MR) is 72.7 cm³/mol. The SMILES string of the molecule is COC1CN(S(=O)(=O)c2cccc(CO)c2)CC1OC. The van der Waals surface area contributed by atoms with Crippen molar-refractivity contribution >= 4 is 10.0 Å². The Labute approximate surface area is 119 Å². The normalized spacial score (nSPS) is 24.1. The highest BCUT2D eigenvalue weighted by Crippen LogP contribution is 2.24. The van der Waals surface area contributed by atoms with Crippen LogP contribution < -0.4 is 0 Å². The zero-order valence-corrected chi connectivity index (χ0v) is 12.3. The maximum Gasteiger partial charge on any atom is 0.243 e. The van der Waals surface area contributed by atoms with E-state index in [1.54, 1.807) is 26.4 Å². The van der Waals surface area contributed by atoms with Gasteiger partial charge in [0.05, 0.1) is 23.7 Å². The van der Waals surface area contributed by atoms with Crippen molar-refractivity contribution in [3.05, 3.63) is 29.8 Å². The van der Waals surface area contributed by atoms with E-state index in [9.17, 15) is 8.42 Å². The van der Waals surface area contributed by atoms with Gasteiger partial charge in [-0.15, -0.1) is 0 Å². The summed E-state index contributed by atoms with van der Waals surface area (Å²) in [4.78, 5) is 0.177. The van der Waals surface area contributed by atoms with E-state index in [0.29, 0.717) is 5.56 Å². The summed E-state index contributed by atoms with van der Waals surface area (Å²) in [7, 11) is -0.513. The van der Waals surface area contributed by atoms with Crippen molar-refractivity contribution in [1.29, 1.82) is 0 Å². The third-order valence-corrected chi connectivity index (χ3v) is 5.33. The van der Waals surface area contributed by atoms with Gasteiger partial charge in [0.15, 0.2) is 0 Å². The monoisotopic (exact) mass is 301 g/mol. The molecule has 1 saturated heterocycles. The molecular formula is C13H19NO5S. The van der Waals surface area contributed by atoms with Crippen molar-refractivity contribution in [1.82, 2.24) is 4.31 Å². The fourth-order valence-electron chi connectivity index (χ4n) is 2.31. The van der Waals surface area contributed by atoms with Crippen LogP contribution in [-0.2, 0) is 26.1 Å². The van der Waals surface area contributed by atoms with Crippen LogP contribution >= 0.6 is 0 Å². The molecular weight excluding hydrogens is 282 g/mol. The van der Waals surface area contributed by atoms with E-state index in [1.165, 1.54) is 16.4 Å². The van der Waals surface area contributed by atoms with Gasteiger partial charge in [-0.3, -0.25) is 0 Å². The molecule has 1 aromatic carbocycles. The lowest BCUT2D eigenvalue weighted by Crippen LogP contribution is -2.30. The first-order valence-electron chi connectivity index (χ1n) is 6.28. The van der Waals surface area contributed by atoms with Gasteiger partial charge < -0.3 is 14.6 Å². The maximum absolute atomic E-state index is 12.6. The second-order valence-electron chi connectivity index (χ2n) is 4.68. The third-order valence-electron chi connectivity index (χ3n) is 3.51. The van der Waals surface area contributed by atoms with E-state index in [0.717, 1.165) is 0 Å². The Morgan fingerprint density at radius 3 is 2.35 bits per heavy atom. The Balaban J connectivity index is 2.27. The molecule has 1 N–H and O–H groups in total. The van der Waals surface area contributed by atoms with Gasteiger partial charge in [0.1, 0.15) is 0 Å². The summed E-state index contributed by atoms with van der Waals surface area (Å²) in [6.07, 6.45) is -0.536. The van der Waals surface area contributed by atoms with Gasteiger partial charge in [-0.2, -0.15) is 4.31 Å². The minimum atomic E-state index is -3.60. The van der Waals surface area contributed by atoms with Crippen molar-refractivity contribution in [3.8, 4) is 0 Å². The van der Waals surface area contributed by atoms with Crippen LogP contribution in [0.4, 0.5) is 0 Å². The van der Waals surface area contributed by atoms with E-state index in [2.05, 4.69) is 0 Å². The summed E-state index contributed by atoms with van der Waals surface area (Å²) in [5.74, 6) is 0. The van der Waals surface area contributed by atoms with Crippen molar-refractivity contribution in [2.24, 2.45) is 0 Å². The zero-order chi connectivity index (χ0) is 14.8. The summed E-state index contributed by atoms with van der Waals surface area (Å²) in [6.45, 7) is 0.339. The first kappa shape index (κ1) is 15.4. The van der Waals surface area contributed by atoms with Crippen LogP contribution in [0.5, 0.6) is 0 Å². The Morgan fingerprint density at radius 2 is 1.85 bits per heavy atom. The van der Waals surface area contributed by atoms with Gasteiger partial charge in [0, 0.05) is 27.3 Å². The quantitative estimate of drug-likeness (QED) is 0.841. The summed E-state index contributed by atoms with van der Waals surface area (Å²) >= 11 is 0. The minimum Gasteiger partial charge on any atom is -0.392 e. The van der Waals surface area contributed by atoms with Crippen molar-refractivity contribution in [3.63, 3.8) is 0 Å². The second kappa shape index (κ2) is 6.19. The number of ether oxygens (including phenoxy) is 2. The van der Waals surface area contributed by atoms with Crippen LogP contribution in [-0.4, -0.2) is 57.3 Å².